The number of nitrogens with zero attached hydrogens (tertiary/aromatic N) is 10. The lowest BCUT2D eigenvalue weighted by molar-refractivity contribution is 0.0746. The predicted molar refractivity (Wildman–Crippen MR) is 106 cm³/mol. The Morgan fingerprint density at radius 2 is 1.73 bits per heavy atom. The minimum Gasteiger partial charge on any atom is -0.352 e. The molecule has 0 N–H and O–H groups in total. The van der Waals surface area contributed by atoms with Gasteiger partial charge in [-0.25, -0.2) is 9.36 Å². The molecule has 1 aliphatic rings. The van der Waals surface area contributed by atoms with Gasteiger partial charge in [0.1, 0.15) is 6.33 Å². The topological polar surface area (TPSA) is 111 Å². The standard InChI is InChI=1S/C19H18N10O/c30-19(15-3-1-4-16(13-15)29-14-20-24-25-29)27-11-9-26(10-12-27)17-5-6-18(23-22-17)28-8-2-7-21-28/h1-8,13-14H,9-12H2. The summed E-state index contributed by atoms with van der Waals surface area (Å²) in [6.07, 6.45) is 5.02. The van der Waals surface area contributed by atoms with Crippen LogP contribution in [0.5, 0.6) is 0 Å². The van der Waals surface area contributed by atoms with E-state index in [0.717, 1.165) is 11.5 Å². The summed E-state index contributed by atoms with van der Waals surface area (Å²) in [5, 5.41) is 23.9. The Kier molecular flexibility index (Phi) is 4.60. The van der Waals surface area contributed by atoms with Crippen LogP contribution in [-0.2, 0) is 0 Å². The van der Waals surface area contributed by atoms with E-state index in [-0.39, 0.29) is 5.91 Å². The molecule has 30 heavy (non-hydrogen) atoms. The molecule has 11 nitrogen and oxygen atoms in total. The minimum absolute atomic E-state index is 0.00955. The van der Waals surface area contributed by atoms with Gasteiger partial charge in [-0.2, -0.15) is 5.10 Å². The van der Waals surface area contributed by atoms with Crippen LogP contribution in [0.1, 0.15) is 10.4 Å². The Morgan fingerprint density at radius 3 is 2.43 bits per heavy atom. The molecule has 4 aromatic rings. The molecule has 3 aromatic heterocycles. The van der Waals surface area contributed by atoms with Crippen molar-refractivity contribution < 1.29 is 4.79 Å². The van der Waals surface area contributed by atoms with Crippen LogP contribution in [-0.4, -0.2) is 77.2 Å². The average Bonchev–Trinajstić information content (AvgIpc) is 3.54. The van der Waals surface area contributed by atoms with Gasteiger partial charge >= 0.3 is 0 Å². The van der Waals surface area contributed by atoms with Crippen molar-refractivity contribution in [2.24, 2.45) is 0 Å². The van der Waals surface area contributed by atoms with Crippen molar-refractivity contribution in [3.8, 4) is 11.5 Å². The Labute approximate surface area is 171 Å². The number of aromatic nitrogens is 8. The van der Waals surface area contributed by atoms with Gasteiger partial charge in [-0.05, 0) is 46.8 Å². The van der Waals surface area contributed by atoms with Crippen LogP contribution < -0.4 is 4.90 Å². The maximum Gasteiger partial charge on any atom is 0.254 e. The number of carbonyl (C=O) groups excluding carboxylic acids is 1. The molecule has 5 rings (SSSR count). The lowest BCUT2D eigenvalue weighted by Crippen LogP contribution is -2.49. The van der Waals surface area contributed by atoms with Crippen LogP contribution in [0.4, 0.5) is 5.82 Å². The van der Waals surface area contributed by atoms with Crippen molar-refractivity contribution in [1.29, 1.82) is 0 Å². The average molecular weight is 402 g/mol. The molecule has 1 amide bonds. The van der Waals surface area contributed by atoms with Gasteiger partial charge < -0.3 is 9.80 Å². The fraction of sp³-hybridized carbons (Fsp3) is 0.211. The van der Waals surface area contributed by atoms with E-state index >= 15 is 0 Å². The number of anilines is 1. The van der Waals surface area contributed by atoms with Crippen LogP contribution in [0.15, 0.2) is 61.2 Å². The van der Waals surface area contributed by atoms with Crippen LogP contribution in [0.25, 0.3) is 11.5 Å². The molecular formula is C19H18N10O. The number of rotatable bonds is 4. The SMILES string of the molecule is O=C(c1cccc(-n2cnnn2)c1)N1CCN(c2ccc(-n3cccn3)nn2)CC1. The van der Waals surface area contributed by atoms with Gasteiger partial charge in [0, 0.05) is 44.1 Å². The zero-order chi connectivity index (χ0) is 20.3. The number of amides is 1. The molecule has 4 heterocycles. The van der Waals surface area contributed by atoms with Gasteiger partial charge in [-0.1, -0.05) is 6.07 Å². The number of piperazine rings is 1. The normalized spacial score (nSPS) is 14.1. The molecule has 150 valence electrons. The van der Waals surface area contributed by atoms with Gasteiger partial charge in [0.05, 0.1) is 5.69 Å². The number of carbonyl (C=O) groups is 1. The smallest absolute Gasteiger partial charge is 0.254 e. The third-order valence-corrected chi connectivity index (χ3v) is 4.97. The van der Waals surface area contributed by atoms with E-state index < -0.39 is 0 Å². The highest BCUT2D eigenvalue weighted by molar-refractivity contribution is 5.95. The van der Waals surface area contributed by atoms with Crippen LogP contribution in [0.2, 0.25) is 0 Å². The first-order valence-electron chi connectivity index (χ1n) is 9.49. The van der Waals surface area contributed by atoms with Gasteiger partial charge in [-0.3, -0.25) is 4.79 Å². The molecule has 1 aliphatic heterocycles. The zero-order valence-electron chi connectivity index (χ0n) is 16.0. The third-order valence-electron chi connectivity index (χ3n) is 4.97. The third kappa shape index (κ3) is 3.48. The quantitative estimate of drug-likeness (QED) is 0.488. The highest BCUT2D eigenvalue weighted by Crippen LogP contribution is 2.17. The van der Waals surface area contributed by atoms with E-state index in [9.17, 15) is 4.79 Å². The van der Waals surface area contributed by atoms with Gasteiger partial charge in [0.15, 0.2) is 11.6 Å². The van der Waals surface area contributed by atoms with Crippen molar-refractivity contribution >= 4 is 11.7 Å². The van der Waals surface area contributed by atoms with Crippen LogP contribution in [0, 0.1) is 0 Å². The monoisotopic (exact) mass is 402 g/mol. The summed E-state index contributed by atoms with van der Waals surface area (Å²) in [6, 6.07) is 12.9. The molecule has 0 atom stereocenters. The van der Waals surface area contributed by atoms with Crippen molar-refractivity contribution in [2.75, 3.05) is 31.1 Å². The number of hydrogen-bond donors (Lipinski definition) is 0. The Morgan fingerprint density at radius 1 is 0.900 bits per heavy atom. The predicted octanol–water partition coefficient (Wildman–Crippen LogP) is 0.600. The van der Waals surface area contributed by atoms with Crippen molar-refractivity contribution in [1.82, 2.24) is 45.1 Å². The Bertz CT molecular complexity index is 1120. The van der Waals surface area contributed by atoms with Crippen LogP contribution in [0.3, 0.4) is 0 Å². The highest BCUT2D eigenvalue weighted by atomic mass is 16.2. The van der Waals surface area contributed by atoms with Gasteiger partial charge in [0.2, 0.25) is 0 Å². The molecule has 1 saturated heterocycles. The number of tetrazole rings is 1. The van der Waals surface area contributed by atoms with E-state index in [4.69, 9.17) is 0 Å². The van der Waals surface area contributed by atoms with E-state index in [0.29, 0.717) is 37.6 Å². The molecule has 0 radical (unpaired) electrons. The lowest BCUT2D eigenvalue weighted by atomic mass is 10.1. The summed E-state index contributed by atoms with van der Waals surface area (Å²) in [5.41, 5.74) is 1.36. The molecule has 1 aromatic carbocycles. The molecule has 0 unspecified atom stereocenters. The fourth-order valence-electron chi connectivity index (χ4n) is 3.40. The first kappa shape index (κ1) is 17.9. The van der Waals surface area contributed by atoms with E-state index in [1.807, 2.05) is 47.5 Å². The first-order chi connectivity index (χ1) is 14.8. The Hall–Kier alpha value is -4.15. The zero-order valence-corrected chi connectivity index (χ0v) is 16.0. The number of benzene rings is 1. The van der Waals surface area contributed by atoms with Gasteiger partial charge in [-0.15, -0.1) is 15.3 Å². The largest absolute Gasteiger partial charge is 0.352 e. The van der Waals surface area contributed by atoms with E-state index in [2.05, 4.69) is 35.7 Å². The summed E-state index contributed by atoms with van der Waals surface area (Å²) >= 11 is 0. The molecular weight excluding hydrogens is 384 g/mol. The summed E-state index contributed by atoms with van der Waals surface area (Å²) in [7, 11) is 0. The molecule has 11 heteroatoms. The molecule has 1 fully saturated rings. The lowest BCUT2D eigenvalue weighted by Gasteiger charge is -2.35. The second-order valence-electron chi connectivity index (χ2n) is 6.78. The van der Waals surface area contributed by atoms with Crippen molar-refractivity contribution in [2.45, 2.75) is 0 Å². The molecule has 0 aliphatic carbocycles. The number of hydrogen-bond acceptors (Lipinski definition) is 8. The highest BCUT2D eigenvalue weighted by Gasteiger charge is 2.23. The Balaban J connectivity index is 1.24. The first-order valence-corrected chi connectivity index (χ1v) is 9.49. The summed E-state index contributed by atoms with van der Waals surface area (Å²) in [4.78, 5) is 16.9. The second kappa shape index (κ2) is 7.70. The van der Waals surface area contributed by atoms with E-state index in [1.165, 1.54) is 11.0 Å². The summed E-state index contributed by atoms with van der Waals surface area (Å²) < 4.78 is 3.19. The fourth-order valence-corrected chi connectivity index (χ4v) is 3.40. The van der Waals surface area contributed by atoms with E-state index in [1.54, 1.807) is 16.9 Å². The van der Waals surface area contributed by atoms with Crippen LogP contribution >= 0.6 is 0 Å². The summed E-state index contributed by atoms with van der Waals surface area (Å²) in [6.45, 7) is 2.59. The van der Waals surface area contributed by atoms with Gasteiger partial charge in [0.25, 0.3) is 5.91 Å². The molecule has 0 spiro atoms. The second-order valence-corrected chi connectivity index (χ2v) is 6.78. The maximum absolute atomic E-state index is 12.9. The molecule has 0 saturated carbocycles. The van der Waals surface area contributed by atoms with Crippen molar-refractivity contribution in [3.05, 3.63) is 66.7 Å². The summed E-state index contributed by atoms with van der Waals surface area (Å²) in [5.74, 6) is 1.45. The minimum atomic E-state index is -0.00955. The van der Waals surface area contributed by atoms with Crippen molar-refractivity contribution in [3.63, 3.8) is 0 Å². The maximum atomic E-state index is 12.9. The molecule has 0 bridgehead atoms.